The highest BCUT2D eigenvalue weighted by atomic mass is 127. The van der Waals surface area contributed by atoms with Crippen molar-refractivity contribution in [3.63, 3.8) is 0 Å². The van der Waals surface area contributed by atoms with Crippen molar-refractivity contribution in [1.82, 2.24) is 25.6 Å². The normalized spacial score (nSPS) is 13.9. The number of carbonyl (C=O) groups excluding carboxylic acids is 1. The van der Waals surface area contributed by atoms with E-state index in [-0.39, 0.29) is 28.9 Å². The Morgan fingerprint density at radius 3 is 2.36 bits per heavy atom. The van der Waals surface area contributed by atoms with Gasteiger partial charge in [-0.15, -0.1) is 11.3 Å². The van der Waals surface area contributed by atoms with Gasteiger partial charge >= 0.3 is 5.97 Å². The van der Waals surface area contributed by atoms with Crippen molar-refractivity contribution < 1.29 is 14.7 Å². The summed E-state index contributed by atoms with van der Waals surface area (Å²) in [5.74, 6) is -0.898. The lowest BCUT2D eigenvalue weighted by Gasteiger charge is -2.28. The van der Waals surface area contributed by atoms with Gasteiger partial charge in [0.2, 0.25) is 0 Å². The summed E-state index contributed by atoms with van der Waals surface area (Å²) in [6, 6.07) is -0.106. The van der Waals surface area contributed by atoms with Gasteiger partial charge < -0.3 is 20.7 Å². The summed E-state index contributed by atoms with van der Waals surface area (Å²) in [6.07, 6.45) is 5.47. The van der Waals surface area contributed by atoms with Crippen LogP contribution in [-0.4, -0.2) is 50.1 Å². The Labute approximate surface area is 213 Å². The van der Waals surface area contributed by atoms with Crippen molar-refractivity contribution in [3.8, 4) is 0 Å². The van der Waals surface area contributed by atoms with E-state index in [0.29, 0.717) is 22.9 Å². The van der Waals surface area contributed by atoms with Gasteiger partial charge in [0, 0.05) is 23.8 Å². The van der Waals surface area contributed by atoms with Crippen LogP contribution < -0.4 is 10.6 Å². The molecular weight excluding hydrogens is 553 g/mol. The molecule has 0 aliphatic carbocycles. The van der Waals surface area contributed by atoms with Gasteiger partial charge in [0.15, 0.2) is 5.82 Å². The average molecular weight is 588 g/mol. The fraction of sp³-hybridized carbons (Fsp3) is 0.565. The van der Waals surface area contributed by atoms with E-state index in [4.69, 9.17) is 0 Å². The standard InChI is InChI=1S/C23H34IN5O3S/c1-7-14(22-26-13(6)18(33-22)23(31)32)11-17(27-15(8-2)9-3)12(5)25-21(30)20-28-16(10-4)19(24)29-20/h11-12,15,17,27H,7-10H2,1-6H3,(H,25,30)(H,28,29)(H,31,32)/b14-11+/t12-,17+/m1/s1. The lowest BCUT2D eigenvalue weighted by molar-refractivity contribution is 0.0700. The van der Waals surface area contributed by atoms with E-state index in [0.717, 1.165) is 34.2 Å². The zero-order valence-corrected chi connectivity index (χ0v) is 23.1. The third-order valence-electron chi connectivity index (χ3n) is 5.64. The van der Waals surface area contributed by atoms with Crippen molar-refractivity contribution in [1.29, 1.82) is 0 Å². The lowest BCUT2D eigenvalue weighted by atomic mass is 10.0. The van der Waals surface area contributed by atoms with Crippen LogP contribution in [0.25, 0.3) is 5.57 Å². The number of H-pyrrole nitrogens is 1. The van der Waals surface area contributed by atoms with Crippen LogP contribution in [0.3, 0.4) is 0 Å². The number of rotatable bonds is 12. The molecule has 10 heteroatoms. The SMILES string of the molecule is CC/C(=C\[C@H](NC(CC)CC)[C@@H](C)NC(=O)c1nc(I)c(CC)[nH]1)c1nc(C)c(C(=O)O)s1. The molecule has 0 saturated carbocycles. The fourth-order valence-corrected chi connectivity index (χ4v) is 5.27. The quantitative estimate of drug-likeness (QED) is 0.265. The molecule has 0 radical (unpaired) electrons. The number of allylic oxidation sites excluding steroid dienone is 1. The molecule has 33 heavy (non-hydrogen) atoms. The van der Waals surface area contributed by atoms with Gasteiger partial charge in [-0.2, -0.15) is 0 Å². The lowest BCUT2D eigenvalue weighted by Crippen LogP contribution is -2.50. The molecule has 0 bridgehead atoms. The number of carboxylic acid groups (broad SMARTS) is 1. The number of aromatic nitrogens is 3. The minimum absolute atomic E-state index is 0.161. The first-order valence-corrected chi connectivity index (χ1v) is 13.3. The van der Waals surface area contributed by atoms with Crippen LogP contribution in [-0.2, 0) is 6.42 Å². The largest absolute Gasteiger partial charge is 0.477 e. The van der Waals surface area contributed by atoms with E-state index in [1.54, 1.807) is 6.92 Å². The Kier molecular flexibility index (Phi) is 10.5. The van der Waals surface area contributed by atoms with Crippen molar-refractivity contribution >= 4 is 51.4 Å². The highest BCUT2D eigenvalue weighted by Crippen LogP contribution is 2.27. The van der Waals surface area contributed by atoms with Crippen LogP contribution in [0.4, 0.5) is 0 Å². The minimum Gasteiger partial charge on any atom is -0.477 e. The molecule has 2 atom stereocenters. The molecule has 0 aliphatic heterocycles. The van der Waals surface area contributed by atoms with Gasteiger partial charge in [-0.25, -0.2) is 14.8 Å². The molecule has 8 nitrogen and oxygen atoms in total. The third-order valence-corrected chi connectivity index (χ3v) is 7.75. The number of hydrogen-bond acceptors (Lipinski definition) is 6. The monoisotopic (exact) mass is 587 g/mol. The topological polar surface area (TPSA) is 120 Å². The van der Waals surface area contributed by atoms with Gasteiger partial charge in [0.25, 0.3) is 5.91 Å². The number of amides is 1. The summed E-state index contributed by atoms with van der Waals surface area (Å²) in [5, 5.41) is 16.8. The number of nitrogens with zero attached hydrogens (tertiary/aromatic N) is 2. The number of carbonyl (C=O) groups is 2. The number of hydrogen-bond donors (Lipinski definition) is 4. The second-order valence-electron chi connectivity index (χ2n) is 7.96. The Morgan fingerprint density at radius 1 is 1.21 bits per heavy atom. The molecular formula is C23H34IN5O3S. The molecule has 2 rings (SSSR count). The van der Waals surface area contributed by atoms with Crippen molar-refractivity contribution in [2.75, 3.05) is 0 Å². The Hall–Kier alpha value is -1.79. The summed E-state index contributed by atoms with van der Waals surface area (Å²) in [4.78, 5) is 36.6. The Morgan fingerprint density at radius 2 is 1.88 bits per heavy atom. The third kappa shape index (κ3) is 7.10. The molecule has 182 valence electrons. The number of aromatic amines is 1. The number of carboxylic acids is 1. The van der Waals surface area contributed by atoms with Gasteiger partial charge in [0.05, 0.1) is 5.69 Å². The number of aryl methyl sites for hydroxylation is 2. The van der Waals surface area contributed by atoms with E-state index in [1.165, 1.54) is 11.3 Å². The minimum atomic E-state index is -0.960. The van der Waals surface area contributed by atoms with E-state index in [9.17, 15) is 14.7 Å². The van der Waals surface area contributed by atoms with E-state index in [2.05, 4.69) is 68.1 Å². The van der Waals surface area contributed by atoms with Crippen LogP contribution in [0.1, 0.15) is 90.6 Å². The summed E-state index contributed by atoms with van der Waals surface area (Å²) in [7, 11) is 0. The van der Waals surface area contributed by atoms with E-state index < -0.39 is 5.97 Å². The van der Waals surface area contributed by atoms with Crippen molar-refractivity contribution in [3.05, 3.63) is 36.9 Å². The molecule has 2 aromatic rings. The molecule has 0 unspecified atom stereocenters. The molecule has 4 N–H and O–H groups in total. The Bertz CT molecular complexity index is 996. The molecule has 0 spiro atoms. The first-order chi connectivity index (χ1) is 15.6. The maximum atomic E-state index is 12.9. The van der Waals surface area contributed by atoms with Gasteiger partial charge in [0.1, 0.15) is 13.6 Å². The maximum Gasteiger partial charge on any atom is 0.347 e. The van der Waals surface area contributed by atoms with Gasteiger partial charge in [-0.1, -0.05) is 33.8 Å². The highest BCUT2D eigenvalue weighted by molar-refractivity contribution is 14.1. The molecule has 0 fully saturated rings. The number of imidazole rings is 1. The zero-order chi connectivity index (χ0) is 24.7. The van der Waals surface area contributed by atoms with Crippen molar-refractivity contribution in [2.24, 2.45) is 0 Å². The number of nitrogens with one attached hydrogen (secondary N) is 3. The van der Waals surface area contributed by atoms with Crippen molar-refractivity contribution in [2.45, 2.75) is 85.4 Å². The highest BCUT2D eigenvalue weighted by Gasteiger charge is 2.24. The number of aromatic carboxylic acids is 1. The smallest absolute Gasteiger partial charge is 0.347 e. The average Bonchev–Trinajstić information content (AvgIpc) is 3.36. The van der Waals surface area contributed by atoms with Gasteiger partial charge in [-0.05, 0) is 67.7 Å². The first-order valence-electron chi connectivity index (χ1n) is 11.4. The summed E-state index contributed by atoms with van der Waals surface area (Å²) >= 11 is 3.32. The number of halogens is 1. The van der Waals surface area contributed by atoms with E-state index in [1.807, 2.05) is 20.8 Å². The first kappa shape index (κ1) is 27.5. The second kappa shape index (κ2) is 12.6. The molecule has 0 aliphatic rings. The predicted molar refractivity (Wildman–Crippen MR) is 141 cm³/mol. The zero-order valence-electron chi connectivity index (χ0n) is 20.1. The molecule has 1 amide bonds. The fourth-order valence-electron chi connectivity index (χ4n) is 3.52. The van der Waals surface area contributed by atoms with E-state index >= 15 is 0 Å². The second-order valence-corrected chi connectivity index (χ2v) is 9.98. The molecule has 2 heterocycles. The van der Waals surface area contributed by atoms with Crippen LogP contribution in [0.15, 0.2) is 6.08 Å². The molecule has 0 saturated heterocycles. The molecule has 2 aromatic heterocycles. The summed E-state index contributed by atoms with van der Waals surface area (Å²) < 4.78 is 0.807. The van der Waals surface area contributed by atoms with Gasteiger partial charge in [-0.3, -0.25) is 4.79 Å². The summed E-state index contributed by atoms with van der Waals surface area (Å²) in [5.41, 5.74) is 2.43. The van der Waals surface area contributed by atoms with Crippen LogP contribution in [0.2, 0.25) is 0 Å². The molecule has 0 aromatic carbocycles. The predicted octanol–water partition coefficient (Wildman–Crippen LogP) is 4.80. The van der Waals surface area contributed by atoms with Crippen LogP contribution in [0, 0.1) is 10.6 Å². The maximum absolute atomic E-state index is 12.9. The van der Waals surface area contributed by atoms with Crippen LogP contribution in [0.5, 0.6) is 0 Å². The summed E-state index contributed by atoms with van der Waals surface area (Å²) in [6.45, 7) is 12.0. The Balaban J connectivity index is 2.34. The number of thiazole rings is 1. The van der Waals surface area contributed by atoms with Crippen LogP contribution >= 0.6 is 33.9 Å².